The highest BCUT2D eigenvalue weighted by Gasteiger charge is 2.27. The fourth-order valence-electron chi connectivity index (χ4n) is 3.68. The van der Waals surface area contributed by atoms with Crippen LogP contribution in [0.3, 0.4) is 0 Å². The van der Waals surface area contributed by atoms with Crippen LogP contribution in [-0.2, 0) is 11.2 Å². The molecule has 1 aliphatic rings. The second-order valence-corrected chi connectivity index (χ2v) is 7.13. The van der Waals surface area contributed by atoms with Crippen molar-refractivity contribution >= 4 is 11.8 Å². The molecule has 1 atom stereocenters. The maximum atomic E-state index is 12.9. The first-order valence-corrected chi connectivity index (χ1v) is 9.60. The van der Waals surface area contributed by atoms with Crippen LogP contribution in [0.25, 0.3) is 0 Å². The average Bonchev–Trinajstić information content (AvgIpc) is 3.01. The Kier molecular flexibility index (Phi) is 6.27. The maximum Gasteiger partial charge on any atom is 0.251 e. The van der Waals surface area contributed by atoms with Crippen molar-refractivity contribution in [2.45, 2.75) is 52.0 Å². The summed E-state index contributed by atoms with van der Waals surface area (Å²) in [5.74, 6) is 0.757. The Hall–Kier alpha value is -2.63. The van der Waals surface area contributed by atoms with E-state index in [1.165, 1.54) is 0 Å². The minimum atomic E-state index is -0.0694. The zero-order chi connectivity index (χ0) is 19.2. The number of rotatable bonds is 6. The molecule has 0 aliphatic carbocycles. The van der Waals surface area contributed by atoms with Gasteiger partial charge < -0.3 is 14.7 Å². The third kappa shape index (κ3) is 4.76. The number of carbonyl (C=O) groups is 2. The molecule has 0 spiro atoms. The summed E-state index contributed by atoms with van der Waals surface area (Å²) in [5.41, 5.74) is 2.33. The smallest absolute Gasteiger partial charge is 0.251 e. The van der Waals surface area contributed by atoms with Crippen molar-refractivity contribution in [3.05, 3.63) is 52.9 Å². The van der Waals surface area contributed by atoms with Crippen molar-refractivity contribution in [3.63, 3.8) is 0 Å². The Bertz CT molecular complexity index is 766. The number of nitrogens with zero attached hydrogens (tertiary/aromatic N) is 2. The highest BCUT2D eigenvalue weighted by Crippen LogP contribution is 2.22. The molecule has 2 heterocycles. The Labute approximate surface area is 159 Å². The van der Waals surface area contributed by atoms with Crippen LogP contribution in [0, 0.1) is 13.8 Å². The molecule has 144 valence electrons. The highest BCUT2D eigenvalue weighted by molar-refractivity contribution is 5.94. The fraction of sp³-hybridized carbons (Fsp3) is 0.476. The minimum absolute atomic E-state index is 0.0694. The van der Waals surface area contributed by atoms with Gasteiger partial charge in [-0.1, -0.05) is 23.4 Å². The summed E-state index contributed by atoms with van der Waals surface area (Å²) in [6, 6.07) is 9.37. The lowest BCUT2D eigenvalue weighted by Crippen LogP contribution is -2.46. The Morgan fingerprint density at radius 2 is 2.00 bits per heavy atom. The topological polar surface area (TPSA) is 75.4 Å². The second kappa shape index (κ2) is 8.84. The van der Waals surface area contributed by atoms with Gasteiger partial charge in [0.25, 0.3) is 5.91 Å². The van der Waals surface area contributed by atoms with E-state index in [-0.39, 0.29) is 17.9 Å². The predicted octanol–water partition coefficient (Wildman–Crippen LogP) is 3.04. The number of likely N-dealkylation sites (tertiary alicyclic amines) is 1. The van der Waals surface area contributed by atoms with Crippen LogP contribution in [0.4, 0.5) is 0 Å². The zero-order valence-electron chi connectivity index (χ0n) is 16.0. The van der Waals surface area contributed by atoms with Gasteiger partial charge in [-0.2, -0.15) is 0 Å². The van der Waals surface area contributed by atoms with Crippen LogP contribution in [0.15, 0.2) is 34.9 Å². The molecule has 3 rings (SSSR count). The van der Waals surface area contributed by atoms with Crippen molar-refractivity contribution in [3.8, 4) is 0 Å². The lowest BCUT2D eigenvalue weighted by atomic mass is 9.98. The van der Waals surface area contributed by atoms with Gasteiger partial charge in [0.2, 0.25) is 5.91 Å². The van der Waals surface area contributed by atoms with Crippen LogP contribution in [-0.4, -0.2) is 41.0 Å². The van der Waals surface area contributed by atoms with Gasteiger partial charge in [0.15, 0.2) is 0 Å². The molecule has 1 aromatic carbocycles. The Balaban J connectivity index is 1.55. The van der Waals surface area contributed by atoms with Gasteiger partial charge in [0.05, 0.1) is 12.1 Å². The van der Waals surface area contributed by atoms with E-state index in [0.717, 1.165) is 43.5 Å². The Morgan fingerprint density at radius 1 is 1.22 bits per heavy atom. The molecule has 1 fully saturated rings. The third-order valence-corrected chi connectivity index (χ3v) is 5.26. The van der Waals surface area contributed by atoms with E-state index >= 15 is 0 Å². The molecule has 0 bridgehead atoms. The first-order chi connectivity index (χ1) is 13.1. The van der Waals surface area contributed by atoms with Crippen molar-refractivity contribution in [1.82, 2.24) is 15.4 Å². The summed E-state index contributed by atoms with van der Waals surface area (Å²) in [5, 5.41) is 6.91. The summed E-state index contributed by atoms with van der Waals surface area (Å²) in [6.45, 7) is 5.05. The van der Waals surface area contributed by atoms with Crippen molar-refractivity contribution in [2.75, 3.05) is 13.1 Å². The van der Waals surface area contributed by atoms with E-state index in [4.69, 9.17) is 4.52 Å². The van der Waals surface area contributed by atoms with Crippen molar-refractivity contribution in [1.29, 1.82) is 0 Å². The average molecular weight is 369 g/mol. The Morgan fingerprint density at radius 3 is 2.70 bits per heavy atom. The molecule has 1 saturated heterocycles. The van der Waals surface area contributed by atoms with Gasteiger partial charge in [-0.25, -0.2) is 0 Å². The van der Waals surface area contributed by atoms with Gasteiger partial charge in [-0.3, -0.25) is 9.59 Å². The molecule has 2 aromatic rings. The first kappa shape index (κ1) is 19.1. The second-order valence-electron chi connectivity index (χ2n) is 7.13. The molecule has 27 heavy (non-hydrogen) atoms. The minimum Gasteiger partial charge on any atom is -0.361 e. The van der Waals surface area contributed by atoms with E-state index in [0.29, 0.717) is 24.3 Å². The third-order valence-electron chi connectivity index (χ3n) is 5.26. The maximum absolute atomic E-state index is 12.9. The number of carbonyl (C=O) groups excluding carboxylic acids is 2. The molecule has 0 unspecified atom stereocenters. The monoisotopic (exact) mass is 369 g/mol. The number of hydrogen-bond acceptors (Lipinski definition) is 4. The molecule has 6 nitrogen and oxygen atoms in total. The normalized spacial score (nSPS) is 17.0. The summed E-state index contributed by atoms with van der Waals surface area (Å²) in [4.78, 5) is 27.0. The van der Waals surface area contributed by atoms with Crippen LogP contribution < -0.4 is 5.32 Å². The van der Waals surface area contributed by atoms with E-state index in [1.54, 1.807) is 12.1 Å². The number of hydrogen-bond donors (Lipinski definition) is 1. The summed E-state index contributed by atoms with van der Waals surface area (Å²) >= 11 is 0. The van der Waals surface area contributed by atoms with Gasteiger partial charge in [0.1, 0.15) is 5.76 Å². The lowest BCUT2D eigenvalue weighted by molar-refractivity contribution is -0.134. The van der Waals surface area contributed by atoms with Crippen LogP contribution in [0.5, 0.6) is 0 Å². The lowest BCUT2D eigenvalue weighted by Gasteiger charge is -2.36. The molecule has 1 aromatic heterocycles. The number of piperidine rings is 1. The van der Waals surface area contributed by atoms with Crippen LogP contribution in [0.1, 0.15) is 53.1 Å². The molecular weight excluding hydrogens is 342 g/mol. The van der Waals surface area contributed by atoms with E-state index in [9.17, 15) is 9.59 Å². The van der Waals surface area contributed by atoms with Crippen LogP contribution in [0.2, 0.25) is 0 Å². The molecule has 1 N–H and O–H groups in total. The van der Waals surface area contributed by atoms with Crippen LogP contribution >= 0.6 is 0 Å². The highest BCUT2D eigenvalue weighted by atomic mass is 16.5. The van der Waals surface area contributed by atoms with E-state index in [2.05, 4.69) is 10.5 Å². The molecule has 1 aliphatic heterocycles. The SMILES string of the molecule is Cc1noc(C)c1CC(=O)N1CCCC[C@H]1CCNC(=O)c1ccccc1. The van der Waals surface area contributed by atoms with Crippen molar-refractivity contribution < 1.29 is 14.1 Å². The number of aryl methyl sites for hydroxylation is 2. The quantitative estimate of drug-likeness (QED) is 0.849. The van der Waals surface area contributed by atoms with Gasteiger partial charge in [0, 0.05) is 30.3 Å². The standard InChI is InChI=1S/C21H27N3O3/c1-15-19(16(2)27-23-15)14-20(25)24-13-7-6-10-18(24)11-12-22-21(26)17-8-4-3-5-9-17/h3-5,8-9,18H,6-7,10-14H2,1-2H3,(H,22,26)/t18-/m0/s1. The zero-order valence-corrected chi connectivity index (χ0v) is 16.0. The van der Waals surface area contributed by atoms with E-state index < -0.39 is 0 Å². The fourth-order valence-corrected chi connectivity index (χ4v) is 3.68. The number of benzene rings is 1. The van der Waals surface area contributed by atoms with Gasteiger partial charge in [-0.15, -0.1) is 0 Å². The summed E-state index contributed by atoms with van der Waals surface area (Å²) < 4.78 is 5.18. The summed E-state index contributed by atoms with van der Waals surface area (Å²) in [6.07, 6.45) is 4.22. The molecule has 0 radical (unpaired) electrons. The number of nitrogens with one attached hydrogen (secondary N) is 1. The molecule has 2 amide bonds. The predicted molar refractivity (Wildman–Crippen MR) is 102 cm³/mol. The van der Waals surface area contributed by atoms with Crippen molar-refractivity contribution in [2.24, 2.45) is 0 Å². The first-order valence-electron chi connectivity index (χ1n) is 9.60. The molecular formula is C21H27N3O3. The van der Waals surface area contributed by atoms with Gasteiger partial charge in [-0.05, 0) is 51.7 Å². The molecule has 6 heteroatoms. The number of aromatic nitrogens is 1. The largest absolute Gasteiger partial charge is 0.361 e. The molecule has 0 saturated carbocycles. The number of amides is 2. The summed E-state index contributed by atoms with van der Waals surface area (Å²) in [7, 11) is 0. The van der Waals surface area contributed by atoms with Gasteiger partial charge >= 0.3 is 0 Å². The van der Waals surface area contributed by atoms with E-state index in [1.807, 2.05) is 36.9 Å².